The fourth-order valence-electron chi connectivity index (χ4n) is 7.61. The van der Waals surface area contributed by atoms with Crippen molar-refractivity contribution in [3.05, 3.63) is 87.5 Å². The van der Waals surface area contributed by atoms with E-state index in [1.165, 1.54) is 49.9 Å². The second-order valence-corrected chi connectivity index (χ2v) is 18.3. The molecule has 1 atom stereocenters. The molecule has 0 saturated heterocycles. The Hall–Kier alpha value is -5.53. The molecule has 0 heterocycles. The molecule has 390 valence electrons. The lowest BCUT2D eigenvalue weighted by molar-refractivity contribution is -0.384. The van der Waals surface area contributed by atoms with Crippen molar-refractivity contribution in [3.8, 4) is 11.5 Å². The number of non-ortho nitro benzene ring substituents is 1. The number of ether oxygens (including phenoxy) is 6. The summed E-state index contributed by atoms with van der Waals surface area (Å²) in [5, 5.41) is 10.8. The number of nitro groups is 1. The van der Waals surface area contributed by atoms with Gasteiger partial charge in [0.15, 0.2) is 6.10 Å². The normalized spacial score (nSPS) is 11.7. The van der Waals surface area contributed by atoms with Crippen LogP contribution in [0.5, 0.6) is 11.5 Å². The maximum Gasteiger partial charge on any atom is 0.514 e. The largest absolute Gasteiger partial charge is 0.514 e. The molecule has 0 radical (unpaired) electrons. The number of carbonyl (C=O) groups is 5. The van der Waals surface area contributed by atoms with Gasteiger partial charge in [-0.1, -0.05) is 122 Å². The molecular weight excluding hydrogens is 895 g/mol. The molecule has 70 heavy (non-hydrogen) atoms. The van der Waals surface area contributed by atoms with E-state index in [1.54, 1.807) is 26.0 Å². The van der Waals surface area contributed by atoms with Gasteiger partial charge in [-0.2, -0.15) is 0 Å². The van der Waals surface area contributed by atoms with Crippen molar-refractivity contribution in [3.63, 3.8) is 0 Å². The Labute approximate surface area is 417 Å². The zero-order chi connectivity index (χ0) is 51.2. The van der Waals surface area contributed by atoms with Gasteiger partial charge in [-0.05, 0) is 119 Å². The first-order valence-electron chi connectivity index (χ1n) is 26.0. The number of nitrogens with zero attached hydrogens (tertiary/aromatic N) is 1. The van der Waals surface area contributed by atoms with Crippen LogP contribution in [0, 0.1) is 29.9 Å². The first-order chi connectivity index (χ1) is 33.8. The van der Waals surface area contributed by atoms with Gasteiger partial charge in [0.1, 0.15) is 31.3 Å². The number of nitro benzene ring substituents is 1. The Morgan fingerprint density at radius 1 is 0.586 bits per heavy atom. The minimum Gasteiger partial charge on any atom is -0.462 e. The van der Waals surface area contributed by atoms with E-state index >= 15 is 0 Å². The van der Waals surface area contributed by atoms with Crippen LogP contribution in [-0.4, -0.2) is 54.3 Å². The molecule has 14 nitrogen and oxygen atoms in total. The summed E-state index contributed by atoms with van der Waals surface area (Å²) in [6, 6.07) is 8.52. The molecule has 0 aliphatic heterocycles. The molecule has 2 aromatic carbocycles. The SMILES string of the molecule is CCCC/C=C\CCCCCCCC(=O)OCC(COC(=O)CCCCCCC/C=C\CCCC)OC(=O)CC(C)CCCCC(=O)Oc1c(C)cc(COC(=O)Oc2ccc([N+](=O)[O-])cc2)cc1C. The van der Waals surface area contributed by atoms with E-state index in [0.29, 0.717) is 41.7 Å². The molecule has 0 fully saturated rings. The van der Waals surface area contributed by atoms with Crippen molar-refractivity contribution in [2.45, 2.75) is 208 Å². The van der Waals surface area contributed by atoms with Crippen molar-refractivity contribution < 1.29 is 57.3 Å². The summed E-state index contributed by atoms with van der Waals surface area (Å²) < 4.78 is 32.7. The molecule has 1 unspecified atom stereocenters. The predicted molar refractivity (Wildman–Crippen MR) is 271 cm³/mol. The molecule has 0 aromatic heterocycles. The number of carbonyl (C=O) groups excluding carboxylic acids is 5. The number of rotatable bonds is 39. The van der Waals surface area contributed by atoms with Crippen molar-refractivity contribution in [2.75, 3.05) is 13.2 Å². The fraction of sp³-hybridized carbons (Fsp3) is 0.625. The molecule has 2 aromatic rings. The third-order valence-electron chi connectivity index (χ3n) is 11.6. The standard InChI is InChI=1S/C56H83NO13/c1-6-8-10-12-14-16-18-20-22-24-26-31-51(58)65-42-50(43-66-52(59)32-27-25-23-21-19-17-15-13-11-9-7-2)68-54(61)38-44(3)30-28-29-33-53(60)70-55-45(4)39-47(40-46(55)5)41-67-56(62)69-49-36-34-48(35-37-49)57(63)64/h12-15,34-37,39-40,44,50H,6-11,16-33,38,41-43H2,1-5H3/b14-12-,15-13-. The first-order valence-corrected chi connectivity index (χ1v) is 26.0. The number of hydrogen-bond donors (Lipinski definition) is 0. The zero-order valence-electron chi connectivity index (χ0n) is 43.0. The van der Waals surface area contributed by atoms with Crippen LogP contribution in [0.4, 0.5) is 10.5 Å². The molecule has 0 bridgehead atoms. The smallest absolute Gasteiger partial charge is 0.462 e. The Morgan fingerprint density at radius 2 is 1.06 bits per heavy atom. The van der Waals surface area contributed by atoms with Crippen LogP contribution < -0.4 is 9.47 Å². The highest BCUT2D eigenvalue weighted by molar-refractivity contribution is 5.73. The van der Waals surface area contributed by atoms with Crippen molar-refractivity contribution in [2.24, 2.45) is 5.92 Å². The van der Waals surface area contributed by atoms with E-state index in [-0.39, 0.29) is 74.8 Å². The first kappa shape index (κ1) is 60.6. The quantitative estimate of drug-likeness (QED) is 0.00902. The molecule has 0 aliphatic carbocycles. The van der Waals surface area contributed by atoms with Gasteiger partial charge in [0.25, 0.3) is 5.69 Å². The van der Waals surface area contributed by atoms with Gasteiger partial charge in [-0.3, -0.25) is 29.3 Å². The van der Waals surface area contributed by atoms with Gasteiger partial charge in [-0.15, -0.1) is 0 Å². The molecule has 0 amide bonds. The van der Waals surface area contributed by atoms with Gasteiger partial charge < -0.3 is 28.4 Å². The van der Waals surface area contributed by atoms with Gasteiger partial charge >= 0.3 is 30.0 Å². The summed E-state index contributed by atoms with van der Waals surface area (Å²) in [6.07, 6.45) is 29.1. The number of aryl methyl sites for hydroxylation is 2. The topological polar surface area (TPSA) is 184 Å². The summed E-state index contributed by atoms with van der Waals surface area (Å²) in [4.78, 5) is 73.7. The fourth-order valence-corrected chi connectivity index (χ4v) is 7.61. The van der Waals surface area contributed by atoms with Crippen LogP contribution in [-0.2, 0) is 44.7 Å². The van der Waals surface area contributed by atoms with E-state index < -0.39 is 29.1 Å². The maximum atomic E-state index is 13.1. The number of esters is 4. The summed E-state index contributed by atoms with van der Waals surface area (Å²) in [7, 11) is 0. The molecular formula is C56H83NO13. The summed E-state index contributed by atoms with van der Waals surface area (Å²) in [5.74, 6) is -1.16. The lowest BCUT2D eigenvalue weighted by Crippen LogP contribution is -2.31. The van der Waals surface area contributed by atoms with E-state index in [2.05, 4.69) is 38.2 Å². The van der Waals surface area contributed by atoms with Crippen LogP contribution in [0.2, 0.25) is 0 Å². The van der Waals surface area contributed by atoms with Gasteiger partial charge in [0.05, 0.1) is 4.92 Å². The molecule has 0 spiro atoms. The molecule has 0 saturated carbocycles. The second-order valence-electron chi connectivity index (χ2n) is 18.3. The minimum absolute atomic E-state index is 0.0610. The van der Waals surface area contributed by atoms with E-state index in [0.717, 1.165) is 89.9 Å². The highest BCUT2D eigenvalue weighted by atomic mass is 16.7. The average molecular weight is 978 g/mol. The third-order valence-corrected chi connectivity index (χ3v) is 11.6. The summed E-state index contributed by atoms with van der Waals surface area (Å²) in [6.45, 7) is 9.39. The van der Waals surface area contributed by atoms with Crippen LogP contribution >= 0.6 is 0 Å². The molecule has 14 heteroatoms. The Balaban J connectivity index is 1.77. The summed E-state index contributed by atoms with van der Waals surface area (Å²) >= 11 is 0. The van der Waals surface area contributed by atoms with E-state index in [1.807, 2.05) is 6.92 Å². The number of allylic oxidation sites excluding steroid dienone is 4. The van der Waals surface area contributed by atoms with Crippen LogP contribution in [0.25, 0.3) is 0 Å². The molecule has 2 rings (SSSR count). The third kappa shape index (κ3) is 30.2. The van der Waals surface area contributed by atoms with Crippen LogP contribution in [0.15, 0.2) is 60.7 Å². The predicted octanol–water partition coefficient (Wildman–Crippen LogP) is 14.4. The molecule has 0 N–H and O–H groups in total. The number of hydrogen-bond acceptors (Lipinski definition) is 13. The number of benzene rings is 2. The number of unbranched alkanes of at least 4 members (excludes halogenated alkanes) is 15. The van der Waals surface area contributed by atoms with Gasteiger partial charge in [0, 0.05) is 37.8 Å². The highest BCUT2D eigenvalue weighted by Crippen LogP contribution is 2.27. The highest BCUT2D eigenvalue weighted by Gasteiger charge is 2.22. The maximum absolute atomic E-state index is 13.1. The van der Waals surface area contributed by atoms with Gasteiger partial charge in [-0.25, -0.2) is 4.79 Å². The Morgan fingerprint density at radius 3 is 1.57 bits per heavy atom. The van der Waals surface area contributed by atoms with Crippen LogP contribution in [0.1, 0.15) is 198 Å². The zero-order valence-corrected chi connectivity index (χ0v) is 43.0. The van der Waals surface area contributed by atoms with E-state index in [9.17, 15) is 34.1 Å². The average Bonchev–Trinajstić information content (AvgIpc) is 3.32. The minimum atomic E-state index is -0.974. The van der Waals surface area contributed by atoms with Crippen molar-refractivity contribution >= 4 is 35.7 Å². The van der Waals surface area contributed by atoms with Crippen molar-refractivity contribution in [1.29, 1.82) is 0 Å². The monoisotopic (exact) mass is 978 g/mol. The van der Waals surface area contributed by atoms with Crippen molar-refractivity contribution in [1.82, 2.24) is 0 Å². The van der Waals surface area contributed by atoms with Gasteiger partial charge in [0.2, 0.25) is 0 Å². The lowest BCUT2D eigenvalue weighted by Gasteiger charge is -2.19. The lowest BCUT2D eigenvalue weighted by atomic mass is 10.00. The second kappa shape index (κ2) is 38.3. The van der Waals surface area contributed by atoms with E-state index in [4.69, 9.17) is 28.4 Å². The Kier molecular flexibility index (Phi) is 33.1. The molecule has 0 aliphatic rings. The Bertz CT molecular complexity index is 1820. The summed E-state index contributed by atoms with van der Waals surface area (Å²) in [5.41, 5.74) is 1.87. The van der Waals surface area contributed by atoms with Crippen LogP contribution in [0.3, 0.4) is 0 Å².